The van der Waals surface area contributed by atoms with Crippen molar-refractivity contribution in [2.75, 3.05) is 5.32 Å². The van der Waals surface area contributed by atoms with Crippen LogP contribution in [-0.4, -0.2) is 20.7 Å². The van der Waals surface area contributed by atoms with E-state index >= 15 is 0 Å². The van der Waals surface area contributed by atoms with Crippen molar-refractivity contribution in [3.8, 4) is 0 Å². The van der Waals surface area contributed by atoms with Crippen LogP contribution in [0.3, 0.4) is 0 Å². The number of nitrogens with zero attached hydrogens (tertiary/aromatic N) is 3. The third-order valence-corrected chi connectivity index (χ3v) is 3.14. The van der Waals surface area contributed by atoms with E-state index in [0.29, 0.717) is 6.42 Å². The van der Waals surface area contributed by atoms with E-state index in [1.54, 1.807) is 4.68 Å². The van der Waals surface area contributed by atoms with Crippen molar-refractivity contribution in [3.63, 3.8) is 0 Å². The van der Waals surface area contributed by atoms with Crippen molar-refractivity contribution in [1.29, 1.82) is 0 Å². The minimum Gasteiger partial charge on any atom is -0.326 e. The minimum absolute atomic E-state index is 0.0124. The predicted molar refractivity (Wildman–Crippen MR) is 78.6 cm³/mol. The van der Waals surface area contributed by atoms with Gasteiger partial charge in [-0.25, -0.2) is 9.67 Å². The van der Waals surface area contributed by atoms with E-state index in [4.69, 9.17) is 0 Å². The summed E-state index contributed by atoms with van der Waals surface area (Å²) in [6.07, 6.45) is 0.373. The van der Waals surface area contributed by atoms with Gasteiger partial charge in [0.05, 0.1) is 6.04 Å². The fraction of sp³-hybridized carbons (Fsp3) is 0.400. The van der Waals surface area contributed by atoms with Crippen LogP contribution in [0.1, 0.15) is 36.6 Å². The molecule has 1 atom stereocenters. The van der Waals surface area contributed by atoms with Crippen molar-refractivity contribution in [2.24, 2.45) is 0 Å². The molecule has 2 rings (SSSR count). The van der Waals surface area contributed by atoms with E-state index in [1.165, 1.54) is 5.56 Å². The number of amides is 1. The highest BCUT2D eigenvalue weighted by Crippen LogP contribution is 2.14. The van der Waals surface area contributed by atoms with Crippen LogP contribution in [0, 0.1) is 20.8 Å². The largest absolute Gasteiger partial charge is 0.326 e. The summed E-state index contributed by atoms with van der Waals surface area (Å²) in [5.41, 5.74) is 1.99. The molecule has 1 aromatic heterocycles. The van der Waals surface area contributed by atoms with Crippen LogP contribution < -0.4 is 5.32 Å². The highest BCUT2D eigenvalue weighted by molar-refractivity contribution is 5.90. The zero-order chi connectivity index (χ0) is 14.7. The van der Waals surface area contributed by atoms with Gasteiger partial charge in [0.25, 0.3) is 0 Å². The molecule has 1 N–H and O–H groups in total. The van der Waals surface area contributed by atoms with Gasteiger partial charge in [0.2, 0.25) is 5.91 Å². The Kier molecular flexibility index (Phi) is 4.17. The van der Waals surface area contributed by atoms with Crippen LogP contribution in [0.4, 0.5) is 5.69 Å². The topological polar surface area (TPSA) is 59.8 Å². The van der Waals surface area contributed by atoms with Crippen molar-refractivity contribution in [3.05, 3.63) is 41.5 Å². The maximum Gasteiger partial charge on any atom is 0.226 e. The first kappa shape index (κ1) is 14.2. The van der Waals surface area contributed by atoms with Gasteiger partial charge < -0.3 is 5.32 Å². The van der Waals surface area contributed by atoms with Crippen LogP contribution in [-0.2, 0) is 4.79 Å². The molecular formula is C15H20N4O. The zero-order valence-corrected chi connectivity index (χ0v) is 12.3. The number of aryl methyl sites for hydroxylation is 3. The Labute approximate surface area is 119 Å². The van der Waals surface area contributed by atoms with Gasteiger partial charge in [-0.05, 0) is 39.8 Å². The Morgan fingerprint density at radius 3 is 2.45 bits per heavy atom. The molecule has 5 heteroatoms. The lowest BCUT2D eigenvalue weighted by molar-refractivity contribution is -0.116. The number of hydrogen-bond acceptors (Lipinski definition) is 3. The number of carbonyl (C=O) groups excluding carboxylic acids is 1. The van der Waals surface area contributed by atoms with Crippen molar-refractivity contribution < 1.29 is 4.79 Å². The number of anilines is 1. The number of hydrogen-bond donors (Lipinski definition) is 1. The van der Waals surface area contributed by atoms with Gasteiger partial charge in [-0.1, -0.05) is 17.7 Å². The summed E-state index contributed by atoms with van der Waals surface area (Å²) in [4.78, 5) is 16.3. The summed E-state index contributed by atoms with van der Waals surface area (Å²) >= 11 is 0. The fourth-order valence-electron chi connectivity index (χ4n) is 2.16. The average molecular weight is 272 g/mol. The lowest BCUT2D eigenvalue weighted by Crippen LogP contribution is -2.19. The van der Waals surface area contributed by atoms with E-state index in [9.17, 15) is 4.79 Å². The average Bonchev–Trinajstić information content (AvgIpc) is 2.71. The van der Waals surface area contributed by atoms with Crippen LogP contribution in [0.15, 0.2) is 24.3 Å². The van der Waals surface area contributed by atoms with Crippen molar-refractivity contribution in [2.45, 2.75) is 40.2 Å². The molecule has 0 unspecified atom stereocenters. The molecule has 106 valence electrons. The summed E-state index contributed by atoms with van der Waals surface area (Å²) in [5, 5.41) is 7.20. The van der Waals surface area contributed by atoms with Crippen molar-refractivity contribution >= 4 is 11.6 Å². The second-order valence-electron chi connectivity index (χ2n) is 5.12. The highest BCUT2D eigenvalue weighted by Gasteiger charge is 2.14. The van der Waals surface area contributed by atoms with Gasteiger partial charge in [0.15, 0.2) is 0 Å². The first-order chi connectivity index (χ1) is 9.45. The van der Waals surface area contributed by atoms with Gasteiger partial charge in [-0.3, -0.25) is 4.79 Å². The van der Waals surface area contributed by atoms with Gasteiger partial charge in [-0.2, -0.15) is 5.10 Å². The van der Waals surface area contributed by atoms with Crippen LogP contribution in [0.25, 0.3) is 0 Å². The lowest BCUT2D eigenvalue weighted by atomic mass is 10.2. The Morgan fingerprint density at radius 1 is 1.25 bits per heavy atom. The third-order valence-electron chi connectivity index (χ3n) is 3.14. The Balaban J connectivity index is 1.97. The standard InChI is InChI=1S/C15H20N4O/c1-10-5-7-14(8-6-10)17-15(20)9-11(2)19-13(4)16-12(3)18-19/h5-8,11H,9H2,1-4H3,(H,17,20)/t11-/m1/s1. The van der Waals surface area contributed by atoms with Crippen LogP contribution >= 0.6 is 0 Å². The van der Waals surface area contributed by atoms with Gasteiger partial charge in [0.1, 0.15) is 11.6 Å². The first-order valence-electron chi connectivity index (χ1n) is 6.72. The zero-order valence-electron chi connectivity index (χ0n) is 12.3. The summed E-state index contributed by atoms with van der Waals surface area (Å²) in [7, 11) is 0. The third kappa shape index (κ3) is 3.44. The molecule has 5 nitrogen and oxygen atoms in total. The normalized spacial score (nSPS) is 12.2. The van der Waals surface area contributed by atoms with E-state index in [-0.39, 0.29) is 11.9 Å². The molecule has 0 aliphatic carbocycles. The Morgan fingerprint density at radius 2 is 1.90 bits per heavy atom. The molecular weight excluding hydrogens is 252 g/mol. The van der Waals surface area contributed by atoms with E-state index in [0.717, 1.165) is 17.3 Å². The number of carbonyl (C=O) groups is 1. The second-order valence-corrected chi connectivity index (χ2v) is 5.12. The molecule has 1 aromatic carbocycles. The minimum atomic E-state index is -0.0195. The molecule has 0 spiro atoms. The Hall–Kier alpha value is -2.17. The smallest absolute Gasteiger partial charge is 0.226 e. The van der Waals surface area contributed by atoms with Crippen LogP contribution in [0.5, 0.6) is 0 Å². The number of benzene rings is 1. The van der Waals surface area contributed by atoms with Crippen LogP contribution in [0.2, 0.25) is 0 Å². The van der Waals surface area contributed by atoms with E-state index in [2.05, 4.69) is 15.4 Å². The molecule has 1 heterocycles. The van der Waals surface area contributed by atoms with Gasteiger partial charge in [0, 0.05) is 12.1 Å². The molecule has 0 aliphatic rings. The number of rotatable bonds is 4. The quantitative estimate of drug-likeness (QED) is 0.931. The number of nitrogens with one attached hydrogen (secondary N) is 1. The molecule has 0 saturated carbocycles. The predicted octanol–water partition coefficient (Wildman–Crippen LogP) is 2.79. The van der Waals surface area contributed by atoms with Gasteiger partial charge in [-0.15, -0.1) is 0 Å². The molecule has 2 aromatic rings. The molecule has 0 saturated heterocycles. The van der Waals surface area contributed by atoms with E-state index in [1.807, 2.05) is 52.0 Å². The molecule has 0 radical (unpaired) electrons. The van der Waals surface area contributed by atoms with Crippen molar-refractivity contribution in [1.82, 2.24) is 14.8 Å². The maximum absolute atomic E-state index is 12.0. The van der Waals surface area contributed by atoms with E-state index < -0.39 is 0 Å². The summed E-state index contributed by atoms with van der Waals surface area (Å²) in [6.45, 7) is 7.73. The molecule has 0 aliphatic heterocycles. The molecule has 20 heavy (non-hydrogen) atoms. The SMILES string of the molecule is Cc1ccc(NC(=O)C[C@@H](C)n2nc(C)nc2C)cc1. The first-order valence-corrected chi connectivity index (χ1v) is 6.72. The molecule has 0 fully saturated rings. The summed E-state index contributed by atoms with van der Waals surface area (Å²) in [5.74, 6) is 1.54. The second kappa shape index (κ2) is 5.86. The molecule has 0 bridgehead atoms. The highest BCUT2D eigenvalue weighted by atomic mass is 16.1. The monoisotopic (exact) mass is 272 g/mol. The summed E-state index contributed by atoms with van der Waals surface area (Å²) < 4.78 is 1.80. The Bertz CT molecular complexity index is 601. The molecule has 1 amide bonds. The maximum atomic E-state index is 12.0. The fourth-order valence-corrected chi connectivity index (χ4v) is 2.16. The van der Waals surface area contributed by atoms with Gasteiger partial charge >= 0.3 is 0 Å². The summed E-state index contributed by atoms with van der Waals surface area (Å²) in [6, 6.07) is 7.75. The lowest BCUT2D eigenvalue weighted by Gasteiger charge is -2.13. The number of aromatic nitrogens is 3.